The monoisotopic (exact) mass is 316 g/mol. The van der Waals surface area contributed by atoms with Crippen LogP contribution in [0.2, 0.25) is 0 Å². The van der Waals surface area contributed by atoms with Gasteiger partial charge in [-0.2, -0.15) is 0 Å². The Morgan fingerprint density at radius 2 is 2.04 bits per heavy atom. The Hall–Kier alpha value is -1.98. The van der Waals surface area contributed by atoms with Gasteiger partial charge in [0.1, 0.15) is 11.9 Å². The molecule has 0 bridgehead atoms. The molecule has 124 valence electrons. The summed E-state index contributed by atoms with van der Waals surface area (Å²) < 4.78 is 0. The summed E-state index contributed by atoms with van der Waals surface area (Å²) in [6.45, 7) is 6.11. The van der Waals surface area contributed by atoms with Crippen molar-refractivity contribution >= 4 is 11.8 Å². The van der Waals surface area contributed by atoms with E-state index in [0.29, 0.717) is 17.8 Å². The smallest absolute Gasteiger partial charge is 0.258 e. The predicted octanol–water partition coefficient (Wildman–Crippen LogP) is 1.79. The van der Waals surface area contributed by atoms with E-state index in [4.69, 9.17) is 0 Å². The Kier molecular flexibility index (Phi) is 4.33. The molecule has 2 saturated heterocycles. The summed E-state index contributed by atoms with van der Waals surface area (Å²) in [5, 5.41) is 0. The van der Waals surface area contributed by atoms with Crippen molar-refractivity contribution in [3.63, 3.8) is 0 Å². The number of amides is 2. The van der Waals surface area contributed by atoms with Gasteiger partial charge in [0, 0.05) is 25.8 Å². The van der Waals surface area contributed by atoms with Crippen LogP contribution in [-0.4, -0.2) is 56.8 Å². The fraction of sp³-hybridized carbons (Fsp3) is 0.647. The summed E-state index contributed by atoms with van der Waals surface area (Å²) in [6, 6.07) is 0. The summed E-state index contributed by atoms with van der Waals surface area (Å²) in [5.41, 5.74) is 0.530. The molecule has 0 N–H and O–H groups in total. The second-order valence-corrected chi connectivity index (χ2v) is 6.51. The first kappa shape index (κ1) is 15.9. The number of likely N-dealkylation sites (tertiary alicyclic amines) is 2. The molecule has 1 aromatic heterocycles. The SMILES string of the molecule is CCCN1CCCC2(CCCN2C(=O)c2cncnc2C)C1=O. The Morgan fingerprint density at radius 1 is 1.30 bits per heavy atom. The van der Waals surface area contributed by atoms with Crippen LogP contribution in [0.5, 0.6) is 0 Å². The van der Waals surface area contributed by atoms with Gasteiger partial charge >= 0.3 is 0 Å². The molecule has 2 amide bonds. The normalized spacial score (nSPS) is 24.5. The van der Waals surface area contributed by atoms with Gasteiger partial charge in [-0.05, 0) is 39.0 Å². The van der Waals surface area contributed by atoms with Crippen LogP contribution < -0.4 is 0 Å². The van der Waals surface area contributed by atoms with Crippen LogP contribution in [0.3, 0.4) is 0 Å². The molecule has 1 aromatic rings. The lowest BCUT2D eigenvalue weighted by atomic mass is 9.85. The van der Waals surface area contributed by atoms with Crippen molar-refractivity contribution < 1.29 is 9.59 Å². The van der Waals surface area contributed by atoms with Gasteiger partial charge in [-0.15, -0.1) is 0 Å². The van der Waals surface area contributed by atoms with Crippen molar-refractivity contribution in [2.75, 3.05) is 19.6 Å². The third-order valence-corrected chi connectivity index (χ3v) is 5.07. The molecule has 6 nitrogen and oxygen atoms in total. The van der Waals surface area contributed by atoms with Crippen molar-refractivity contribution in [3.8, 4) is 0 Å². The Labute approximate surface area is 136 Å². The van der Waals surface area contributed by atoms with E-state index in [2.05, 4.69) is 16.9 Å². The zero-order chi connectivity index (χ0) is 16.4. The zero-order valence-corrected chi connectivity index (χ0v) is 13.9. The average molecular weight is 316 g/mol. The molecule has 2 aliphatic rings. The van der Waals surface area contributed by atoms with Crippen molar-refractivity contribution in [2.45, 2.75) is 51.5 Å². The number of rotatable bonds is 3. The molecule has 6 heteroatoms. The van der Waals surface area contributed by atoms with E-state index in [1.54, 1.807) is 11.1 Å². The van der Waals surface area contributed by atoms with Crippen molar-refractivity contribution in [1.82, 2.24) is 19.8 Å². The van der Waals surface area contributed by atoms with E-state index in [1.807, 2.05) is 11.8 Å². The number of hydrogen-bond donors (Lipinski definition) is 0. The van der Waals surface area contributed by atoms with Crippen LogP contribution >= 0.6 is 0 Å². The zero-order valence-electron chi connectivity index (χ0n) is 13.9. The van der Waals surface area contributed by atoms with Crippen molar-refractivity contribution in [1.29, 1.82) is 0 Å². The van der Waals surface area contributed by atoms with Crippen molar-refractivity contribution in [2.24, 2.45) is 0 Å². The van der Waals surface area contributed by atoms with Crippen LogP contribution in [-0.2, 0) is 4.79 Å². The largest absolute Gasteiger partial charge is 0.341 e. The number of carbonyl (C=O) groups excluding carboxylic acids is 2. The lowest BCUT2D eigenvalue weighted by Gasteiger charge is -2.44. The first-order valence-electron chi connectivity index (χ1n) is 8.48. The first-order valence-corrected chi connectivity index (χ1v) is 8.48. The molecule has 2 aliphatic heterocycles. The van der Waals surface area contributed by atoms with Crippen LogP contribution in [0, 0.1) is 6.92 Å². The van der Waals surface area contributed by atoms with E-state index in [1.165, 1.54) is 6.33 Å². The number of hydrogen-bond acceptors (Lipinski definition) is 4. The van der Waals surface area contributed by atoms with E-state index in [-0.39, 0.29) is 11.8 Å². The maximum Gasteiger partial charge on any atom is 0.258 e. The fourth-order valence-electron chi connectivity index (χ4n) is 3.95. The van der Waals surface area contributed by atoms with Gasteiger partial charge in [0.15, 0.2) is 0 Å². The molecule has 1 spiro atoms. The third kappa shape index (κ3) is 2.60. The summed E-state index contributed by atoms with van der Waals surface area (Å²) in [5.74, 6) is 0.0262. The van der Waals surface area contributed by atoms with E-state index in [0.717, 1.165) is 45.2 Å². The van der Waals surface area contributed by atoms with E-state index >= 15 is 0 Å². The number of aromatic nitrogens is 2. The number of carbonyl (C=O) groups is 2. The Morgan fingerprint density at radius 3 is 2.74 bits per heavy atom. The second kappa shape index (κ2) is 6.26. The molecule has 3 rings (SSSR count). The highest BCUT2D eigenvalue weighted by Gasteiger charge is 2.52. The highest BCUT2D eigenvalue weighted by molar-refractivity contribution is 6.00. The van der Waals surface area contributed by atoms with Crippen LogP contribution in [0.15, 0.2) is 12.5 Å². The van der Waals surface area contributed by atoms with Gasteiger partial charge in [-0.25, -0.2) is 9.97 Å². The van der Waals surface area contributed by atoms with Gasteiger partial charge in [-0.1, -0.05) is 6.92 Å². The van der Waals surface area contributed by atoms with Crippen LogP contribution in [0.1, 0.15) is 55.1 Å². The summed E-state index contributed by atoms with van der Waals surface area (Å²) in [6.07, 6.45) is 7.33. The minimum atomic E-state index is -0.646. The molecule has 2 fully saturated rings. The molecule has 0 radical (unpaired) electrons. The fourth-order valence-corrected chi connectivity index (χ4v) is 3.95. The van der Waals surface area contributed by atoms with Crippen molar-refractivity contribution in [3.05, 3.63) is 23.8 Å². The van der Waals surface area contributed by atoms with Crippen LogP contribution in [0.25, 0.3) is 0 Å². The molecule has 3 heterocycles. The van der Waals surface area contributed by atoms with Crippen LogP contribution in [0.4, 0.5) is 0 Å². The molecule has 0 aliphatic carbocycles. The highest BCUT2D eigenvalue weighted by atomic mass is 16.2. The molecular weight excluding hydrogens is 292 g/mol. The highest BCUT2D eigenvalue weighted by Crippen LogP contribution is 2.39. The van der Waals surface area contributed by atoms with Gasteiger partial charge in [0.2, 0.25) is 5.91 Å². The van der Waals surface area contributed by atoms with Gasteiger partial charge in [0.25, 0.3) is 5.91 Å². The van der Waals surface area contributed by atoms with Gasteiger partial charge in [0.05, 0.1) is 11.3 Å². The minimum absolute atomic E-state index is 0.104. The first-order chi connectivity index (χ1) is 11.1. The van der Waals surface area contributed by atoms with Gasteiger partial charge < -0.3 is 9.80 Å². The molecule has 0 saturated carbocycles. The second-order valence-electron chi connectivity index (χ2n) is 6.51. The minimum Gasteiger partial charge on any atom is -0.341 e. The number of aryl methyl sites for hydroxylation is 1. The number of nitrogens with zero attached hydrogens (tertiary/aromatic N) is 4. The summed E-state index contributed by atoms with van der Waals surface area (Å²) >= 11 is 0. The maximum atomic E-state index is 13.1. The Balaban J connectivity index is 1.91. The molecule has 23 heavy (non-hydrogen) atoms. The van der Waals surface area contributed by atoms with E-state index in [9.17, 15) is 9.59 Å². The third-order valence-electron chi connectivity index (χ3n) is 5.07. The van der Waals surface area contributed by atoms with E-state index < -0.39 is 5.54 Å². The average Bonchev–Trinajstić information content (AvgIpc) is 2.96. The summed E-state index contributed by atoms with van der Waals surface area (Å²) in [4.78, 5) is 37.9. The topological polar surface area (TPSA) is 66.4 Å². The van der Waals surface area contributed by atoms with Gasteiger partial charge in [-0.3, -0.25) is 9.59 Å². The quantitative estimate of drug-likeness (QED) is 0.853. The lowest BCUT2D eigenvalue weighted by molar-refractivity contribution is -0.145. The lowest BCUT2D eigenvalue weighted by Crippen LogP contribution is -2.61. The summed E-state index contributed by atoms with van der Waals surface area (Å²) in [7, 11) is 0. The standard InChI is InChI=1S/C17H24N4O2/c1-3-8-20-9-4-6-17(16(20)23)7-5-10-21(17)15(22)14-11-18-12-19-13(14)2/h11-12H,3-10H2,1-2H3. The molecule has 1 unspecified atom stereocenters. The predicted molar refractivity (Wildman–Crippen MR) is 85.9 cm³/mol. The molecule has 0 aromatic carbocycles. The molecular formula is C17H24N4O2. The molecule has 1 atom stereocenters. The number of piperidine rings is 1. The Bertz CT molecular complexity index is 616. The maximum absolute atomic E-state index is 13.1.